The van der Waals surface area contributed by atoms with Crippen molar-refractivity contribution in [1.82, 2.24) is 4.90 Å². The molecule has 4 heteroatoms. The summed E-state index contributed by atoms with van der Waals surface area (Å²) >= 11 is 0. The van der Waals surface area contributed by atoms with Crippen LogP contribution in [0.15, 0.2) is 0 Å². The quantitative estimate of drug-likeness (QED) is 0.825. The third-order valence-corrected chi connectivity index (χ3v) is 3.97. The fourth-order valence-electron chi connectivity index (χ4n) is 3.32. The topological polar surface area (TPSA) is 49.8 Å². The summed E-state index contributed by atoms with van der Waals surface area (Å²) in [7, 11) is 0. The van der Waals surface area contributed by atoms with E-state index in [1.807, 2.05) is 25.7 Å². The summed E-state index contributed by atoms with van der Waals surface area (Å²) in [6, 6.07) is 0.658. The number of fused-ring (bicyclic) bond motifs is 2. The van der Waals surface area contributed by atoms with Gasteiger partial charge in [0, 0.05) is 18.7 Å². The molecule has 2 rings (SSSR count). The molecule has 0 aromatic heterocycles. The lowest BCUT2D eigenvalue weighted by Gasteiger charge is -2.39. The van der Waals surface area contributed by atoms with E-state index in [4.69, 9.17) is 9.84 Å². The number of rotatable bonds is 2. The molecule has 0 saturated carbocycles. The van der Waals surface area contributed by atoms with E-state index >= 15 is 0 Å². The third-order valence-electron chi connectivity index (χ3n) is 3.97. The minimum atomic E-state index is -0.418. The minimum absolute atomic E-state index is 0.155. The van der Waals surface area contributed by atoms with Gasteiger partial charge in [-0.15, -0.1) is 0 Å². The second-order valence-corrected chi connectivity index (χ2v) is 6.62. The van der Waals surface area contributed by atoms with E-state index in [0.29, 0.717) is 18.0 Å². The molecule has 4 nitrogen and oxygen atoms in total. The smallest absolute Gasteiger partial charge is 0.410 e. The van der Waals surface area contributed by atoms with Gasteiger partial charge >= 0.3 is 6.09 Å². The Balaban J connectivity index is 1.98. The molecular formula is C14H25NO3. The van der Waals surface area contributed by atoms with Crippen molar-refractivity contribution in [2.75, 3.05) is 6.61 Å². The fourth-order valence-corrected chi connectivity index (χ4v) is 3.32. The van der Waals surface area contributed by atoms with Crippen LogP contribution in [0.2, 0.25) is 0 Å². The first-order valence-corrected chi connectivity index (χ1v) is 7.03. The molecule has 0 aromatic carbocycles. The number of aliphatic hydroxyl groups is 1. The zero-order valence-corrected chi connectivity index (χ0v) is 11.7. The Kier molecular flexibility index (Phi) is 3.85. The number of carbonyl (C=O) groups excluding carboxylic acids is 1. The van der Waals surface area contributed by atoms with Crippen LogP contribution in [0, 0.1) is 5.92 Å². The predicted molar refractivity (Wildman–Crippen MR) is 69.3 cm³/mol. The number of carbonyl (C=O) groups is 1. The molecule has 0 aliphatic carbocycles. The second kappa shape index (κ2) is 5.08. The maximum Gasteiger partial charge on any atom is 0.410 e. The lowest BCUT2D eigenvalue weighted by molar-refractivity contribution is 0.000811. The zero-order chi connectivity index (χ0) is 13.3. The van der Waals surface area contributed by atoms with Crippen LogP contribution in [0.25, 0.3) is 0 Å². The van der Waals surface area contributed by atoms with E-state index in [2.05, 4.69) is 0 Å². The summed E-state index contributed by atoms with van der Waals surface area (Å²) in [6.45, 7) is 5.98. The molecule has 2 heterocycles. The molecule has 2 aliphatic heterocycles. The summed E-state index contributed by atoms with van der Waals surface area (Å²) < 4.78 is 5.49. The monoisotopic (exact) mass is 255 g/mol. The molecule has 104 valence electrons. The molecule has 2 fully saturated rings. The van der Waals surface area contributed by atoms with Crippen LogP contribution < -0.4 is 0 Å². The average molecular weight is 255 g/mol. The second-order valence-electron chi connectivity index (χ2n) is 6.62. The Hall–Kier alpha value is -0.770. The summed E-state index contributed by atoms with van der Waals surface area (Å²) in [6.07, 6.45) is 4.94. The molecule has 0 spiro atoms. The molecule has 0 aromatic rings. The van der Waals surface area contributed by atoms with Crippen molar-refractivity contribution >= 4 is 6.09 Å². The Morgan fingerprint density at radius 3 is 2.28 bits per heavy atom. The van der Waals surface area contributed by atoms with Crippen LogP contribution in [-0.2, 0) is 4.74 Å². The third kappa shape index (κ3) is 2.97. The van der Waals surface area contributed by atoms with Gasteiger partial charge in [-0.25, -0.2) is 4.79 Å². The van der Waals surface area contributed by atoms with Crippen molar-refractivity contribution in [3.05, 3.63) is 0 Å². The fraction of sp³-hybridized carbons (Fsp3) is 0.929. The molecule has 2 bridgehead atoms. The highest BCUT2D eigenvalue weighted by molar-refractivity contribution is 5.69. The highest BCUT2D eigenvalue weighted by Gasteiger charge is 2.44. The van der Waals surface area contributed by atoms with Crippen LogP contribution >= 0.6 is 0 Å². The number of piperidine rings is 1. The van der Waals surface area contributed by atoms with Crippen LogP contribution in [0.5, 0.6) is 0 Å². The highest BCUT2D eigenvalue weighted by Crippen LogP contribution is 2.40. The van der Waals surface area contributed by atoms with Crippen LogP contribution in [-0.4, -0.2) is 40.4 Å². The van der Waals surface area contributed by atoms with E-state index in [1.165, 1.54) is 0 Å². The molecule has 2 saturated heterocycles. The van der Waals surface area contributed by atoms with Gasteiger partial charge in [0.1, 0.15) is 5.60 Å². The van der Waals surface area contributed by atoms with Gasteiger partial charge in [0.15, 0.2) is 0 Å². The standard InChI is InChI=1S/C14H25NO3/c1-14(2,3)18-13(17)15-11-4-5-12(15)9-10(8-11)6-7-16/h10-12,16H,4-9H2,1-3H3/t10?,11-,12?/m1/s1. The van der Waals surface area contributed by atoms with E-state index in [-0.39, 0.29) is 12.7 Å². The number of ether oxygens (including phenoxy) is 1. The summed E-state index contributed by atoms with van der Waals surface area (Å²) in [4.78, 5) is 14.2. The number of hydrogen-bond donors (Lipinski definition) is 1. The molecule has 1 N–H and O–H groups in total. The summed E-state index contributed by atoms with van der Waals surface area (Å²) in [5.41, 5.74) is -0.418. The lowest BCUT2D eigenvalue weighted by atomic mass is 9.89. The van der Waals surface area contributed by atoms with Gasteiger partial charge in [-0.2, -0.15) is 0 Å². The number of amides is 1. The van der Waals surface area contributed by atoms with Gasteiger partial charge in [-0.1, -0.05) is 0 Å². The normalized spacial score (nSPS) is 31.6. The van der Waals surface area contributed by atoms with E-state index in [9.17, 15) is 4.79 Å². The number of nitrogens with zero attached hydrogens (tertiary/aromatic N) is 1. The van der Waals surface area contributed by atoms with Crippen molar-refractivity contribution < 1.29 is 14.6 Å². The van der Waals surface area contributed by atoms with Crippen LogP contribution in [0.4, 0.5) is 4.79 Å². The summed E-state index contributed by atoms with van der Waals surface area (Å²) in [5, 5.41) is 9.03. The van der Waals surface area contributed by atoms with Gasteiger partial charge in [-0.3, -0.25) is 0 Å². The molecular weight excluding hydrogens is 230 g/mol. The predicted octanol–water partition coefficient (Wildman–Crippen LogP) is 2.55. The molecule has 0 radical (unpaired) electrons. The first-order chi connectivity index (χ1) is 8.40. The first kappa shape index (κ1) is 13.7. The Morgan fingerprint density at radius 2 is 1.83 bits per heavy atom. The van der Waals surface area contributed by atoms with Crippen molar-refractivity contribution in [3.63, 3.8) is 0 Å². The Bertz CT molecular complexity index is 297. The maximum atomic E-state index is 12.2. The SMILES string of the molecule is CC(C)(C)OC(=O)N1C2CC[C@@H]1CC(CCO)C2. The first-order valence-electron chi connectivity index (χ1n) is 7.03. The average Bonchev–Trinajstić information content (AvgIpc) is 2.49. The molecule has 18 heavy (non-hydrogen) atoms. The van der Waals surface area contributed by atoms with Gasteiger partial charge in [0.2, 0.25) is 0 Å². The largest absolute Gasteiger partial charge is 0.444 e. The van der Waals surface area contributed by atoms with Crippen LogP contribution in [0.1, 0.15) is 52.9 Å². The minimum Gasteiger partial charge on any atom is -0.444 e. The molecule has 1 amide bonds. The van der Waals surface area contributed by atoms with E-state index in [0.717, 1.165) is 32.1 Å². The van der Waals surface area contributed by atoms with Gasteiger partial charge < -0.3 is 14.7 Å². The van der Waals surface area contributed by atoms with Crippen LogP contribution in [0.3, 0.4) is 0 Å². The zero-order valence-electron chi connectivity index (χ0n) is 11.7. The van der Waals surface area contributed by atoms with Gasteiger partial charge in [0.05, 0.1) is 0 Å². The van der Waals surface area contributed by atoms with Crippen molar-refractivity contribution in [3.8, 4) is 0 Å². The van der Waals surface area contributed by atoms with Crippen molar-refractivity contribution in [2.45, 2.75) is 70.6 Å². The number of aliphatic hydroxyl groups excluding tert-OH is 1. The van der Waals surface area contributed by atoms with Crippen molar-refractivity contribution in [2.24, 2.45) is 5.92 Å². The number of hydrogen-bond acceptors (Lipinski definition) is 3. The molecule has 2 unspecified atom stereocenters. The summed E-state index contributed by atoms with van der Waals surface area (Å²) in [5.74, 6) is 0.575. The Morgan fingerprint density at radius 1 is 1.28 bits per heavy atom. The molecule has 3 atom stereocenters. The lowest BCUT2D eigenvalue weighted by Crippen LogP contribution is -2.48. The van der Waals surface area contributed by atoms with E-state index in [1.54, 1.807) is 0 Å². The van der Waals surface area contributed by atoms with Gasteiger partial charge in [-0.05, 0) is 58.8 Å². The van der Waals surface area contributed by atoms with E-state index < -0.39 is 5.60 Å². The van der Waals surface area contributed by atoms with Crippen molar-refractivity contribution in [1.29, 1.82) is 0 Å². The maximum absolute atomic E-state index is 12.2. The Labute approximate surface area is 109 Å². The molecule has 2 aliphatic rings. The highest BCUT2D eigenvalue weighted by atomic mass is 16.6. The van der Waals surface area contributed by atoms with Gasteiger partial charge in [0.25, 0.3) is 0 Å².